The number of ketones is 1. The third-order valence-corrected chi connectivity index (χ3v) is 3.72. The number of carbonyl (C=O) groups is 2. The van der Waals surface area contributed by atoms with Crippen LogP contribution in [0.25, 0.3) is 0 Å². The van der Waals surface area contributed by atoms with Gasteiger partial charge in [0, 0.05) is 37.7 Å². The minimum Gasteiger partial charge on any atom is -0.356 e. The molecule has 2 heterocycles. The first-order chi connectivity index (χ1) is 9.75. The Bertz CT molecular complexity index is 553. The fraction of sp³-hybridized carbons (Fsp3) is 0.267. The highest BCUT2D eigenvalue weighted by Gasteiger charge is 2.09. The molecule has 4 nitrogen and oxygen atoms in total. The second-order valence-electron chi connectivity index (χ2n) is 4.32. The Morgan fingerprint density at radius 1 is 1.15 bits per heavy atom. The van der Waals surface area contributed by atoms with Crippen LogP contribution in [0.2, 0.25) is 0 Å². The first-order valence-electron chi connectivity index (χ1n) is 6.49. The van der Waals surface area contributed by atoms with Crippen LogP contribution < -0.4 is 5.32 Å². The van der Waals surface area contributed by atoms with Gasteiger partial charge in [-0.2, -0.15) is 0 Å². The van der Waals surface area contributed by atoms with Crippen molar-refractivity contribution in [3.8, 4) is 0 Å². The monoisotopic (exact) mass is 288 g/mol. The average molecular weight is 288 g/mol. The summed E-state index contributed by atoms with van der Waals surface area (Å²) < 4.78 is 0. The first kappa shape index (κ1) is 14.4. The van der Waals surface area contributed by atoms with E-state index in [0.29, 0.717) is 17.8 Å². The number of nitrogens with one attached hydrogen (secondary N) is 1. The lowest BCUT2D eigenvalue weighted by molar-refractivity contribution is -0.121. The molecule has 0 aromatic carbocycles. The van der Waals surface area contributed by atoms with Crippen molar-refractivity contribution < 1.29 is 9.59 Å². The van der Waals surface area contributed by atoms with Gasteiger partial charge in [-0.15, -0.1) is 11.3 Å². The maximum atomic E-state index is 11.7. The second-order valence-corrected chi connectivity index (χ2v) is 5.27. The highest BCUT2D eigenvalue weighted by atomic mass is 32.1. The largest absolute Gasteiger partial charge is 0.356 e. The van der Waals surface area contributed by atoms with E-state index in [4.69, 9.17) is 0 Å². The predicted molar refractivity (Wildman–Crippen MR) is 78.8 cm³/mol. The van der Waals surface area contributed by atoms with Crippen molar-refractivity contribution in [2.24, 2.45) is 0 Å². The van der Waals surface area contributed by atoms with Gasteiger partial charge in [-0.1, -0.05) is 12.1 Å². The number of thiophene rings is 1. The molecule has 20 heavy (non-hydrogen) atoms. The van der Waals surface area contributed by atoms with Crippen LogP contribution in [0.15, 0.2) is 41.9 Å². The maximum absolute atomic E-state index is 11.7. The zero-order valence-corrected chi connectivity index (χ0v) is 11.9. The number of amides is 1. The molecule has 0 unspecified atom stereocenters. The number of nitrogens with zero attached hydrogens (tertiary/aromatic N) is 1. The Labute approximate surface area is 121 Å². The van der Waals surface area contributed by atoms with E-state index < -0.39 is 0 Å². The second kappa shape index (κ2) is 7.55. The van der Waals surface area contributed by atoms with E-state index in [-0.39, 0.29) is 24.5 Å². The fourth-order valence-corrected chi connectivity index (χ4v) is 2.45. The fourth-order valence-electron chi connectivity index (χ4n) is 1.75. The van der Waals surface area contributed by atoms with Crippen LogP contribution in [0.1, 0.15) is 28.2 Å². The van der Waals surface area contributed by atoms with E-state index in [0.717, 1.165) is 5.69 Å². The van der Waals surface area contributed by atoms with E-state index in [1.165, 1.54) is 11.3 Å². The van der Waals surface area contributed by atoms with Gasteiger partial charge >= 0.3 is 0 Å². The molecule has 0 aliphatic carbocycles. The van der Waals surface area contributed by atoms with Crippen LogP contribution in [0.3, 0.4) is 0 Å². The van der Waals surface area contributed by atoms with Gasteiger partial charge in [0.1, 0.15) is 0 Å². The summed E-state index contributed by atoms with van der Waals surface area (Å²) in [5.74, 6) is -0.0642. The minimum atomic E-state index is -0.0918. The number of carbonyl (C=O) groups excluding carboxylic acids is 2. The molecule has 0 spiro atoms. The Morgan fingerprint density at radius 3 is 2.75 bits per heavy atom. The third-order valence-electron chi connectivity index (χ3n) is 2.80. The number of pyridine rings is 1. The lowest BCUT2D eigenvalue weighted by Gasteiger charge is -2.04. The summed E-state index contributed by atoms with van der Waals surface area (Å²) in [6.45, 7) is 0.545. The Morgan fingerprint density at radius 2 is 2.05 bits per heavy atom. The smallest absolute Gasteiger partial charge is 0.220 e. The molecule has 2 aromatic heterocycles. The lowest BCUT2D eigenvalue weighted by atomic mass is 10.2. The quantitative estimate of drug-likeness (QED) is 0.796. The summed E-state index contributed by atoms with van der Waals surface area (Å²) in [6, 6.07) is 9.32. The van der Waals surface area contributed by atoms with Gasteiger partial charge < -0.3 is 5.32 Å². The zero-order valence-electron chi connectivity index (χ0n) is 11.0. The number of Topliss-reactive ketones (excluding diaryl/α,β-unsaturated/α-hetero) is 1. The standard InChI is InChI=1S/C15H16N2O2S/c18-13(14-5-3-11-20-14)6-7-15(19)17-10-8-12-4-1-2-9-16-12/h1-5,9,11H,6-8,10H2,(H,17,19). The van der Waals surface area contributed by atoms with Gasteiger partial charge in [0.15, 0.2) is 5.78 Å². The molecular weight excluding hydrogens is 272 g/mol. The highest BCUT2D eigenvalue weighted by molar-refractivity contribution is 7.12. The Balaban J connectivity index is 1.65. The number of hydrogen-bond acceptors (Lipinski definition) is 4. The van der Waals surface area contributed by atoms with Crippen molar-refractivity contribution in [3.63, 3.8) is 0 Å². The highest BCUT2D eigenvalue weighted by Crippen LogP contribution is 2.12. The summed E-state index contributed by atoms with van der Waals surface area (Å²) in [4.78, 5) is 28.2. The van der Waals surface area contributed by atoms with Gasteiger partial charge in [0.2, 0.25) is 5.91 Å². The molecule has 2 aromatic rings. The average Bonchev–Trinajstić information content (AvgIpc) is 3.00. The first-order valence-corrected chi connectivity index (χ1v) is 7.37. The molecule has 104 valence electrons. The predicted octanol–water partition coefficient (Wildman–Crippen LogP) is 2.46. The van der Waals surface area contributed by atoms with Crippen LogP contribution in [-0.2, 0) is 11.2 Å². The van der Waals surface area contributed by atoms with Crippen molar-refractivity contribution in [1.29, 1.82) is 0 Å². The minimum absolute atomic E-state index is 0.0277. The summed E-state index contributed by atoms with van der Waals surface area (Å²) in [5, 5.41) is 4.67. The van der Waals surface area contributed by atoms with Gasteiger partial charge in [0.05, 0.1) is 4.88 Å². The molecule has 0 aliphatic heterocycles. The summed E-state index contributed by atoms with van der Waals surface area (Å²) >= 11 is 1.41. The summed E-state index contributed by atoms with van der Waals surface area (Å²) in [5.41, 5.74) is 0.947. The molecular formula is C15H16N2O2S. The topological polar surface area (TPSA) is 59.1 Å². The lowest BCUT2D eigenvalue weighted by Crippen LogP contribution is -2.26. The SMILES string of the molecule is O=C(CCC(=O)c1cccs1)NCCc1ccccn1. The van der Waals surface area contributed by atoms with Crippen LogP contribution in [-0.4, -0.2) is 23.2 Å². The number of hydrogen-bond donors (Lipinski definition) is 1. The molecule has 1 N–H and O–H groups in total. The molecule has 0 aliphatic rings. The number of rotatable bonds is 7. The van der Waals surface area contributed by atoms with Crippen LogP contribution in [0.4, 0.5) is 0 Å². The van der Waals surface area contributed by atoms with Crippen LogP contribution >= 0.6 is 11.3 Å². The number of aromatic nitrogens is 1. The molecule has 1 amide bonds. The summed E-state index contributed by atoms with van der Waals surface area (Å²) in [6.07, 6.45) is 2.93. The van der Waals surface area contributed by atoms with E-state index in [2.05, 4.69) is 10.3 Å². The van der Waals surface area contributed by atoms with Gasteiger partial charge in [-0.05, 0) is 23.6 Å². The van der Waals surface area contributed by atoms with Gasteiger partial charge in [0.25, 0.3) is 0 Å². The molecule has 5 heteroatoms. The van der Waals surface area contributed by atoms with Crippen molar-refractivity contribution in [3.05, 3.63) is 52.5 Å². The van der Waals surface area contributed by atoms with Crippen molar-refractivity contribution in [1.82, 2.24) is 10.3 Å². The molecule has 0 atom stereocenters. The van der Waals surface area contributed by atoms with Crippen LogP contribution in [0, 0.1) is 0 Å². The van der Waals surface area contributed by atoms with E-state index in [1.54, 1.807) is 12.3 Å². The molecule has 0 saturated heterocycles. The molecule has 0 fully saturated rings. The molecule has 0 bridgehead atoms. The van der Waals surface area contributed by atoms with E-state index in [1.807, 2.05) is 29.6 Å². The zero-order chi connectivity index (χ0) is 14.2. The van der Waals surface area contributed by atoms with Crippen LogP contribution in [0.5, 0.6) is 0 Å². The van der Waals surface area contributed by atoms with Crippen molar-refractivity contribution >= 4 is 23.0 Å². The Kier molecular flexibility index (Phi) is 5.43. The maximum Gasteiger partial charge on any atom is 0.220 e. The molecule has 0 saturated carbocycles. The van der Waals surface area contributed by atoms with Gasteiger partial charge in [-0.3, -0.25) is 14.6 Å². The van der Waals surface area contributed by atoms with E-state index in [9.17, 15) is 9.59 Å². The summed E-state index contributed by atoms with van der Waals surface area (Å²) in [7, 11) is 0. The molecule has 2 rings (SSSR count). The van der Waals surface area contributed by atoms with Crippen molar-refractivity contribution in [2.45, 2.75) is 19.3 Å². The normalized spacial score (nSPS) is 10.2. The van der Waals surface area contributed by atoms with Gasteiger partial charge in [-0.25, -0.2) is 0 Å². The van der Waals surface area contributed by atoms with Crippen molar-refractivity contribution in [2.75, 3.05) is 6.54 Å². The molecule has 0 radical (unpaired) electrons. The van der Waals surface area contributed by atoms with E-state index >= 15 is 0 Å². The third kappa shape index (κ3) is 4.59. The Hall–Kier alpha value is -2.01.